The van der Waals surface area contributed by atoms with E-state index in [0.717, 1.165) is 25.7 Å². The number of halogens is 1. The van der Waals surface area contributed by atoms with Crippen LogP contribution in [0.15, 0.2) is 48.5 Å². The number of carbonyl (C=O) groups is 3. The van der Waals surface area contributed by atoms with E-state index >= 15 is 0 Å². The van der Waals surface area contributed by atoms with Gasteiger partial charge in [-0.1, -0.05) is 30.5 Å². The van der Waals surface area contributed by atoms with Crippen LogP contribution < -0.4 is 21.3 Å². The van der Waals surface area contributed by atoms with Crippen LogP contribution in [0.3, 0.4) is 0 Å². The molecule has 8 heteroatoms. The van der Waals surface area contributed by atoms with Crippen LogP contribution in [0.25, 0.3) is 0 Å². The molecular weight excluding hydrogens is 404 g/mol. The zero-order chi connectivity index (χ0) is 21.3. The first kappa shape index (κ1) is 21.6. The predicted octanol–water partition coefficient (Wildman–Crippen LogP) is 4.02. The minimum Gasteiger partial charge on any atom is -0.350 e. The molecule has 7 nitrogen and oxygen atoms in total. The van der Waals surface area contributed by atoms with Crippen molar-refractivity contribution in [3.63, 3.8) is 0 Å². The van der Waals surface area contributed by atoms with Gasteiger partial charge in [-0.05, 0) is 55.3 Å². The number of nitrogens with one attached hydrogen (secondary N) is 4. The molecule has 0 spiro atoms. The summed E-state index contributed by atoms with van der Waals surface area (Å²) in [6.07, 6.45) is 4.09. The SMILES string of the molecule is O=C(NCCNC(=O)c1ccc(NC(=O)C2CCCC2)cc1)Nc1cccc(Cl)c1. The van der Waals surface area contributed by atoms with Crippen molar-refractivity contribution in [2.24, 2.45) is 5.92 Å². The van der Waals surface area contributed by atoms with Gasteiger partial charge in [-0.15, -0.1) is 0 Å². The monoisotopic (exact) mass is 428 g/mol. The van der Waals surface area contributed by atoms with Gasteiger partial charge in [0, 0.05) is 41.0 Å². The Kier molecular flexibility index (Phi) is 7.68. The lowest BCUT2D eigenvalue weighted by molar-refractivity contribution is -0.119. The Balaban J connectivity index is 1.37. The molecular formula is C22H25ClN4O3. The minimum absolute atomic E-state index is 0.0480. The van der Waals surface area contributed by atoms with Crippen molar-refractivity contribution in [1.29, 1.82) is 0 Å². The molecule has 30 heavy (non-hydrogen) atoms. The van der Waals surface area contributed by atoms with Crippen LogP contribution in [0, 0.1) is 5.92 Å². The number of benzene rings is 2. The van der Waals surface area contributed by atoms with Gasteiger partial charge in [-0.25, -0.2) is 4.79 Å². The van der Waals surface area contributed by atoms with Crippen molar-refractivity contribution < 1.29 is 14.4 Å². The Morgan fingerprint density at radius 3 is 2.27 bits per heavy atom. The molecule has 2 aromatic carbocycles. The van der Waals surface area contributed by atoms with E-state index in [1.807, 2.05) is 0 Å². The van der Waals surface area contributed by atoms with Crippen LogP contribution in [0.4, 0.5) is 16.2 Å². The fraction of sp³-hybridized carbons (Fsp3) is 0.318. The third-order valence-electron chi connectivity index (χ3n) is 4.92. The first-order chi connectivity index (χ1) is 14.5. The van der Waals surface area contributed by atoms with Crippen LogP contribution in [0.1, 0.15) is 36.0 Å². The maximum atomic E-state index is 12.2. The molecule has 0 radical (unpaired) electrons. The van der Waals surface area contributed by atoms with Crippen LogP contribution in [0.5, 0.6) is 0 Å². The van der Waals surface area contributed by atoms with Gasteiger partial charge in [0.25, 0.3) is 5.91 Å². The average Bonchev–Trinajstić information content (AvgIpc) is 3.27. The quantitative estimate of drug-likeness (QED) is 0.501. The first-order valence-corrected chi connectivity index (χ1v) is 10.4. The topological polar surface area (TPSA) is 99.3 Å². The van der Waals surface area contributed by atoms with E-state index in [0.29, 0.717) is 22.0 Å². The van der Waals surface area contributed by atoms with Crippen LogP contribution in [-0.4, -0.2) is 30.9 Å². The van der Waals surface area contributed by atoms with Crippen molar-refractivity contribution >= 4 is 40.8 Å². The Morgan fingerprint density at radius 2 is 1.57 bits per heavy atom. The van der Waals surface area contributed by atoms with Gasteiger partial charge in [-0.2, -0.15) is 0 Å². The fourth-order valence-corrected chi connectivity index (χ4v) is 3.52. The predicted molar refractivity (Wildman–Crippen MR) is 118 cm³/mol. The van der Waals surface area contributed by atoms with Gasteiger partial charge >= 0.3 is 6.03 Å². The molecule has 1 aliphatic rings. The first-order valence-electron chi connectivity index (χ1n) is 10.0. The molecule has 2 aromatic rings. The van der Waals surface area contributed by atoms with Gasteiger partial charge in [-0.3, -0.25) is 9.59 Å². The van der Waals surface area contributed by atoms with E-state index < -0.39 is 0 Å². The normalized spacial score (nSPS) is 13.5. The zero-order valence-electron chi connectivity index (χ0n) is 16.5. The second-order valence-electron chi connectivity index (χ2n) is 7.20. The van der Waals surface area contributed by atoms with Crippen molar-refractivity contribution in [1.82, 2.24) is 10.6 Å². The molecule has 1 aliphatic carbocycles. The summed E-state index contributed by atoms with van der Waals surface area (Å²) < 4.78 is 0. The highest BCUT2D eigenvalue weighted by atomic mass is 35.5. The van der Waals surface area contributed by atoms with E-state index in [1.165, 1.54) is 0 Å². The van der Waals surface area contributed by atoms with E-state index in [-0.39, 0.29) is 36.9 Å². The molecule has 1 fully saturated rings. The third kappa shape index (κ3) is 6.49. The molecule has 0 unspecified atom stereocenters. The molecule has 0 atom stereocenters. The highest BCUT2D eigenvalue weighted by Gasteiger charge is 2.22. The summed E-state index contributed by atoms with van der Waals surface area (Å²) in [6, 6.07) is 13.2. The maximum Gasteiger partial charge on any atom is 0.319 e. The Bertz CT molecular complexity index is 896. The van der Waals surface area contributed by atoms with Gasteiger partial charge in [0.05, 0.1) is 0 Å². The highest BCUT2D eigenvalue weighted by Crippen LogP contribution is 2.26. The molecule has 3 rings (SSSR count). The molecule has 0 bridgehead atoms. The molecule has 4 N–H and O–H groups in total. The second-order valence-corrected chi connectivity index (χ2v) is 7.63. The summed E-state index contributed by atoms with van der Waals surface area (Å²) in [5, 5.41) is 11.5. The van der Waals surface area contributed by atoms with Gasteiger partial charge in [0.1, 0.15) is 0 Å². The number of amides is 4. The standard InChI is InChI=1S/C22H25ClN4O3/c23-17-6-3-7-19(14-17)27-22(30)25-13-12-24-20(28)16-8-10-18(11-9-16)26-21(29)15-4-1-2-5-15/h3,6-11,14-15H,1-2,4-5,12-13H2,(H,24,28)(H,26,29)(H2,25,27,30). The lowest BCUT2D eigenvalue weighted by atomic mass is 10.1. The molecule has 0 heterocycles. The molecule has 158 valence electrons. The van der Waals surface area contributed by atoms with E-state index in [4.69, 9.17) is 11.6 Å². The molecule has 4 amide bonds. The van der Waals surface area contributed by atoms with Crippen LogP contribution in [-0.2, 0) is 4.79 Å². The molecule has 1 saturated carbocycles. The molecule has 0 aromatic heterocycles. The van der Waals surface area contributed by atoms with Crippen molar-refractivity contribution in [2.45, 2.75) is 25.7 Å². The second kappa shape index (κ2) is 10.6. The lowest BCUT2D eigenvalue weighted by Gasteiger charge is -2.11. The van der Waals surface area contributed by atoms with E-state index in [2.05, 4.69) is 21.3 Å². The zero-order valence-corrected chi connectivity index (χ0v) is 17.3. The van der Waals surface area contributed by atoms with Crippen molar-refractivity contribution in [3.05, 3.63) is 59.1 Å². The average molecular weight is 429 g/mol. The number of carbonyl (C=O) groups excluding carboxylic acids is 3. The number of hydrogen-bond donors (Lipinski definition) is 4. The number of hydrogen-bond acceptors (Lipinski definition) is 3. The van der Waals surface area contributed by atoms with Crippen LogP contribution >= 0.6 is 11.6 Å². The largest absolute Gasteiger partial charge is 0.350 e. The number of urea groups is 1. The number of rotatable bonds is 7. The maximum absolute atomic E-state index is 12.2. The van der Waals surface area contributed by atoms with Gasteiger partial charge < -0.3 is 21.3 Å². The molecule has 0 aliphatic heterocycles. The van der Waals surface area contributed by atoms with Gasteiger partial charge in [0.15, 0.2) is 0 Å². The lowest BCUT2D eigenvalue weighted by Crippen LogP contribution is -2.36. The van der Waals surface area contributed by atoms with E-state index in [9.17, 15) is 14.4 Å². The Hall–Kier alpha value is -3.06. The smallest absolute Gasteiger partial charge is 0.319 e. The summed E-state index contributed by atoms with van der Waals surface area (Å²) in [6.45, 7) is 0.551. The summed E-state index contributed by atoms with van der Waals surface area (Å²) in [7, 11) is 0. The fourth-order valence-electron chi connectivity index (χ4n) is 3.33. The van der Waals surface area contributed by atoms with E-state index in [1.54, 1.807) is 48.5 Å². The summed E-state index contributed by atoms with van der Waals surface area (Å²) in [5.74, 6) is -0.107. The third-order valence-corrected chi connectivity index (χ3v) is 5.15. The highest BCUT2D eigenvalue weighted by molar-refractivity contribution is 6.30. The van der Waals surface area contributed by atoms with Crippen LogP contribution in [0.2, 0.25) is 5.02 Å². The van der Waals surface area contributed by atoms with Crippen molar-refractivity contribution in [3.8, 4) is 0 Å². The Labute approximate surface area is 180 Å². The minimum atomic E-state index is -0.381. The van der Waals surface area contributed by atoms with Crippen molar-refractivity contribution in [2.75, 3.05) is 23.7 Å². The Morgan fingerprint density at radius 1 is 0.867 bits per heavy atom. The molecule has 0 saturated heterocycles. The van der Waals surface area contributed by atoms with Gasteiger partial charge in [0.2, 0.25) is 5.91 Å². The summed E-state index contributed by atoms with van der Waals surface area (Å²) in [5.41, 5.74) is 1.75. The summed E-state index contributed by atoms with van der Waals surface area (Å²) >= 11 is 5.87. The number of anilines is 2. The summed E-state index contributed by atoms with van der Waals surface area (Å²) in [4.78, 5) is 36.2.